The lowest BCUT2D eigenvalue weighted by atomic mass is 10.2. The molecular formula is C24H22N6O5. The number of carbonyl (C=O) groups is 2. The Morgan fingerprint density at radius 1 is 1.06 bits per heavy atom. The number of fused-ring (bicyclic) bond motifs is 2. The lowest BCUT2D eigenvalue weighted by Gasteiger charge is -2.15. The summed E-state index contributed by atoms with van der Waals surface area (Å²) in [7, 11) is 3.87. The Labute approximate surface area is 199 Å². The van der Waals surface area contributed by atoms with E-state index in [1.54, 1.807) is 10.9 Å². The molecule has 0 bridgehead atoms. The van der Waals surface area contributed by atoms with E-state index in [0.717, 1.165) is 10.6 Å². The average Bonchev–Trinajstić information content (AvgIpc) is 3.41. The molecule has 0 saturated heterocycles. The number of hydrogen-bond acceptors (Lipinski definition) is 9. The zero-order valence-corrected chi connectivity index (χ0v) is 19.2. The standard InChI is InChI=1S/C24H22N6O5/c1-28(2)16-4-5-18-19(10-16)35-21-12-17(31)11-20(24(21)25-18)34-9-3-8-29-13-15(26-27-29)14-30-22(32)6-7-23(30)33/h4-7,10-13H,3,8-9,14H2,1-2H3. The van der Waals surface area contributed by atoms with Crippen LogP contribution in [-0.4, -0.2) is 57.4 Å². The van der Waals surface area contributed by atoms with Crippen LogP contribution in [0.5, 0.6) is 5.75 Å². The van der Waals surface area contributed by atoms with Crippen molar-refractivity contribution in [2.24, 2.45) is 0 Å². The minimum atomic E-state index is -0.364. The molecule has 178 valence electrons. The maximum absolute atomic E-state index is 12.2. The molecule has 0 radical (unpaired) electrons. The highest BCUT2D eigenvalue weighted by molar-refractivity contribution is 6.12. The second kappa shape index (κ2) is 9.01. The molecule has 2 amide bonds. The Morgan fingerprint density at radius 2 is 1.86 bits per heavy atom. The van der Waals surface area contributed by atoms with Crippen LogP contribution in [-0.2, 0) is 22.7 Å². The van der Waals surface area contributed by atoms with Gasteiger partial charge >= 0.3 is 0 Å². The van der Waals surface area contributed by atoms with Gasteiger partial charge in [0.05, 0.1) is 19.3 Å². The molecule has 1 aromatic carbocycles. The Balaban J connectivity index is 1.24. The largest absolute Gasteiger partial charge is 0.491 e. The van der Waals surface area contributed by atoms with Crippen LogP contribution in [0.2, 0.25) is 0 Å². The quantitative estimate of drug-likeness (QED) is 0.214. The number of nitrogens with zero attached hydrogens (tertiary/aromatic N) is 6. The zero-order chi connectivity index (χ0) is 24.5. The third-order valence-electron chi connectivity index (χ3n) is 5.52. The topological polar surface area (TPSA) is 124 Å². The van der Waals surface area contributed by atoms with Crippen molar-refractivity contribution < 1.29 is 18.7 Å². The minimum absolute atomic E-state index is 0.0720. The van der Waals surface area contributed by atoms with Gasteiger partial charge in [0.1, 0.15) is 16.9 Å². The smallest absolute Gasteiger partial charge is 0.253 e. The number of aromatic nitrogens is 4. The van der Waals surface area contributed by atoms with Crippen LogP contribution in [0.15, 0.2) is 57.9 Å². The number of carbonyl (C=O) groups excluding carboxylic acids is 2. The molecule has 5 rings (SSSR count). The Bertz CT molecular complexity index is 1470. The van der Waals surface area contributed by atoms with E-state index in [4.69, 9.17) is 9.15 Å². The Hall–Kier alpha value is -4.54. The van der Waals surface area contributed by atoms with Crippen molar-refractivity contribution in [3.63, 3.8) is 0 Å². The molecule has 2 aliphatic heterocycles. The summed E-state index contributed by atoms with van der Waals surface area (Å²) < 4.78 is 13.4. The number of imide groups is 1. The highest BCUT2D eigenvalue weighted by Gasteiger charge is 2.24. The van der Waals surface area contributed by atoms with Gasteiger partial charge in [-0.1, -0.05) is 5.21 Å². The number of amides is 2. The predicted octanol–water partition coefficient (Wildman–Crippen LogP) is 1.84. The van der Waals surface area contributed by atoms with Gasteiger partial charge in [-0.15, -0.1) is 5.10 Å². The summed E-state index contributed by atoms with van der Waals surface area (Å²) in [5.74, 6) is -0.0147. The fraction of sp³-hybridized carbons (Fsp3) is 0.250. The summed E-state index contributed by atoms with van der Waals surface area (Å²) in [4.78, 5) is 43.3. The van der Waals surface area contributed by atoms with E-state index in [0.29, 0.717) is 53.6 Å². The van der Waals surface area contributed by atoms with Gasteiger partial charge in [-0.05, 0) is 12.1 Å². The SMILES string of the molecule is CN(C)c1ccc2nc3c(OCCCn4cc(CN5C(=O)C=CC5=O)nn4)cc(=O)cc-3oc2c1. The maximum Gasteiger partial charge on any atom is 0.253 e. The number of ether oxygens (including phenoxy) is 1. The van der Waals surface area contributed by atoms with Gasteiger partial charge in [-0.2, -0.15) is 0 Å². The molecule has 0 saturated carbocycles. The van der Waals surface area contributed by atoms with Crippen molar-refractivity contribution in [3.05, 3.63) is 64.6 Å². The minimum Gasteiger partial charge on any atom is -0.491 e. The second-order valence-corrected chi connectivity index (χ2v) is 8.30. The highest BCUT2D eigenvalue weighted by atomic mass is 16.5. The first-order valence-electron chi connectivity index (χ1n) is 11.0. The van der Waals surface area contributed by atoms with Crippen molar-refractivity contribution >= 4 is 28.6 Å². The van der Waals surface area contributed by atoms with Crippen molar-refractivity contribution in [1.82, 2.24) is 24.9 Å². The molecular weight excluding hydrogens is 452 g/mol. The summed E-state index contributed by atoms with van der Waals surface area (Å²) in [6.07, 6.45) is 4.72. The Morgan fingerprint density at radius 3 is 2.63 bits per heavy atom. The van der Waals surface area contributed by atoms with Crippen molar-refractivity contribution in [2.45, 2.75) is 19.5 Å². The van der Waals surface area contributed by atoms with E-state index in [9.17, 15) is 14.4 Å². The van der Waals surface area contributed by atoms with Gasteiger partial charge in [0.15, 0.2) is 22.5 Å². The first-order chi connectivity index (χ1) is 16.9. The number of benzene rings is 2. The molecule has 35 heavy (non-hydrogen) atoms. The first-order valence-corrected chi connectivity index (χ1v) is 11.0. The molecule has 11 heteroatoms. The molecule has 1 aliphatic carbocycles. The normalized spacial score (nSPS) is 13.4. The van der Waals surface area contributed by atoms with Crippen molar-refractivity contribution in [1.29, 1.82) is 0 Å². The van der Waals surface area contributed by atoms with E-state index in [-0.39, 0.29) is 23.8 Å². The zero-order valence-electron chi connectivity index (χ0n) is 19.2. The Kier molecular flexibility index (Phi) is 5.73. The molecule has 3 aliphatic rings. The van der Waals surface area contributed by atoms with Crippen LogP contribution in [0.3, 0.4) is 0 Å². The summed E-state index contributed by atoms with van der Waals surface area (Å²) in [6, 6.07) is 8.48. The van der Waals surface area contributed by atoms with Crippen LogP contribution in [0.25, 0.3) is 22.6 Å². The van der Waals surface area contributed by atoms with E-state index in [2.05, 4.69) is 15.3 Å². The van der Waals surface area contributed by atoms with Crippen LogP contribution < -0.4 is 15.1 Å². The number of anilines is 1. The number of hydrogen-bond donors (Lipinski definition) is 0. The van der Waals surface area contributed by atoms with Gasteiger partial charge in [0, 0.05) is 63.1 Å². The van der Waals surface area contributed by atoms with Crippen molar-refractivity contribution in [3.8, 4) is 17.2 Å². The molecule has 0 fully saturated rings. The van der Waals surface area contributed by atoms with Gasteiger partial charge in [0.25, 0.3) is 11.8 Å². The van der Waals surface area contributed by atoms with Crippen LogP contribution in [0, 0.1) is 0 Å². The highest BCUT2D eigenvalue weighted by Crippen LogP contribution is 2.32. The van der Waals surface area contributed by atoms with E-state index >= 15 is 0 Å². The third kappa shape index (κ3) is 4.60. The molecule has 0 spiro atoms. The monoisotopic (exact) mass is 474 g/mol. The lowest BCUT2D eigenvalue weighted by molar-refractivity contribution is -0.137. The summed E-state index contributed by atoms with van der Waals surface area (Å²) in [6.45, 7) is 0.874. The number of rotatable bonds is 8. The van der Waals surface area contributed by atoms with Gasteiger partial charge < -0.3 is 14.1 Å². The van der Waals surface area contributed by atoms with E-state index < -0.39 is 0 Å². The predicted molar refractivity (Wildman–Crippen MR) is 126 cm³/mol. The van der Waals surface area contributed by atoms with E-state index in [1.807, 2.05) is 37.2 Å². The fourth-order valence-corrected chi connectivity index (χ4v) is 3.73. The average molecular weight is 474 g/mol. The second-order valence-electron chi connectivity index (χ2n) is 8.30. The lowest BCUT2D eigenvalue weighted by Crippen LogP contribution is -2.29. The molecule has 11 nitrogen and oxygen atoms in total. The van der Waals surface area contributed by atoms with Gasteiger partial charge in [-0.25, -0.2) is 4.98 Å². The fourth-order valence-electron chi connectivity index (χ4n) is 3.73. The summed E-state index contributed by atoms with van der Waals surface area (Å²) in [5, 5.41) is 8.05. The van der Waals surface area contributed by atoms with Crippen LogP contribution in [0.1, 0.15) is 12.1 Å². The van der Waals surface area contributed by atoms with E-state index in [1.165, 1.54) is 24.3 Å². The van der Waals surface area contributed by atoms with Gasteiger partial charge in [0.2, 0.25) is 0 Å². The molecule has 1 aromatic heterocycles. The first kappa shape index (κ1) is 22.3. The third-order valence-corrected chi connectivity index (χ3v) is 5.52. The summed E-state index contributed by atoms with van der Waals surface area (Å²) in [5.41, 5.74) is 2.95. The van der Waals surface area contributed by atoms with Crippen LogP contribution in [0.4, 0.5) is 5.69 Å². The van der Waals surface area contributed by atoms with Crippen LogP contribution >= 0.6 is 0 Å². The van der Waals surface area contributed by atoms with Crippen molar-refractivity contribution in [2.75, 3.05) is 25.6 Å². The van der Waals surface area contributed by atoms with Gasteiger partial charge in [-0.3, -0.25) is 24.0 Å². The number of aryl methyl sites for hydroxylation is 1. The molecule has 0 unspecified atom stereocenters. The summed E-state index contributed by atoms with van der Waals surface area (Å²) >= 11 is 0. The molecule has 0 atom stereocenters. The molecule has 3 heterocycles. The molecule has 2 aromatic rings. The molecule has 0 N–H and O–H groups in total. The maximum atomic E-state index is 12.2.